The third kappa shape index (κ3) is 6.22. The lowest BCUT2D eigenvalue weighted by Gasteiger charge is -2.08. The second kappa shape index (κ2) is 8.58. The van der Waals surface area contributed by atoms with Crippen LogP contribution in [-0.4, -0.2) is 25.1 Å². The van der Waals surface area contributed by atoms with Crippen LogP contribution in [0.4, 0.5) is 0 Å². The van der Waals surface area contributed by atoms with Gasteiger partial charge in [0.2, 0.25) is 0 Å². The van der Waals surface area contributed by atoms with E-state index in [0.29, 0.717) is 12.3 Å². The minimum Gasteiger partial charge on any atom is -0.482 e. The highest BCUT2D eigenvalue weighted by atomic mass is 16.6. The summed E-state index contributed by atoms with van der Waals surface area (Å²) >= 11 is 0. The quantitative estimate of drug-likeness (QED) is 0.796. The van der Waals surface area contributed by atoms with Gasteiger partial charge in [-0.25, -0.2) is 4.79 Å². The summed E-state index contributed by atoms with van der Waals surface area (Å²) in [6, 6.07) is 16.8. The fourth-order valence-corrected chi connectivity index (χ4v) is 1.88. The molecule has 1 N–H and O–H groups in total. The molecule has 0 spiro atoms. The minimum atomic E-state index is -0.582. The van der Waals surface area contributed by atoms with Gasteiger partial charge >= 0.3 is 5.97 Å². The van der Waals surface area contributed by atoms with Crippen molar-refractivity contribution < 1.29 is 19.1 Å². The summed E-state index contributed by atoms with van der Waals surface area (Å²) in [7, 11) is 0. The van der Waals surface area contributed by atoms with Crippen molar-refractivity contribution >= 4 is 11.9 Å². The van der Waals surface area contributed by atoms with Crippen LogP contribution in [0.5, 0.6) is 5.75 Å². The summed E-state index contributed by atoms with van der Waals surface area (Å²) < 4.78 is 10.2. The molecule has 0 heterocycles. The fraction of sp³-hybridized carbons (Fsp3) is 0.222. The maximum absolute atomic E-state index is 11.6. The minimum absolute atomic E-state index is 0.227. The number of ether oxygens (including phenoxy) is 2. The summed E-state index contributed by atoms with van der Waals surface area (Å²) in [5, 5.41) is 2.68. The summed E-state index contributed by atoms with van der Waals surface area (Å²) in [4.78, 5) is 23.2. The van der Waals surface area contributed by atoms with Crippen molar-refractivity contribution in [2.75, 3.05) is 13.2 Å². The molecule has 0 radical (unpaired) electrons. The van der Waals surface area contributed by atoms with E-state index in [9.17, 15) is 9.59 Å². The van der Waals surface area contributed by atoms with E-state index in [1.807, 2.05) is 55.5 Å². The number of esters is 1. The zero-order valence-electron chi connectivity index (χ0n) is 13.0. The molecule has 2 aromatic carbocycles. The monoisotopic (exact) mass is 313 g/mol. The molecule has 0 saturated heterocycles. The molecule has 0 unspecified atom stereocenters. The lowest BCUT2D eigenvalue weighted by atomic mass is 10.2. The van der Waals surface area contributed by atoms with E-state index in [-0.39, 0.29) is 19.1 Å². The third-order valence-corrected chi connectivity index (χ3v) is 3.04. The molecule has 0 aliphatic carbocycles. The van der Waals surface area contributed by atoms with Crippen LogP contribution in [0.2, 0.25) is 0 Å². The Hall–Kier alpha value is -2.82. The number of carbonyl (C=O) groups excluding carboxylic acids is 2. The Morgan fingerprint density at radius 3 is 2.52 bits per heavy atom. The van der Waals surface area contributed by atoms with Crippen LogP contribution in [0, 0.1) is 6.92 Å². The molecule has 0 bridgehead atoms. The van der Waals surface area contributed by atoms with Gasteiger partial charge in [-0.3, -0.25) is 4.79 Å². The first-order valence-corrected chi connectivity index (χ1v) is 7.29. The predicted molar refractivity (Wildman–Crippen MR) is 85.9 cm³/mol. The summed E-state index contributed by atoms with van der Waals surface area (Å²) in [5.41, 5.74) is 2.02. The molecule has 0 aliphatic heterocycles. The molecule has 0 aromatic heterocycles. The van der Waals surface area contributed by atoms with Crippen molar-refractivity contribution in [1.82, 2.24) is 5.32 Å². The topological polar surface area (TPSA) is 64.6 Å². The lowest BCUT2D eigenvalue weighted by molar-refractivity contribution is -0.150. The Morgan fingerprint density at radius 1 is 1.00 bits per heavy atom. The van der Waals surface area contributed by atoms with Gasteiger partial charge in [0, 0.05) is 6.54 Å². The number of hydrogen-bond donors (Lipinski definition) is 1. The third-order valence-electron chi connectivity index (χ3n) is 3.04. The van der Waals surface area contributed by atoms with Gasteiger partial charge in [-0.2, -0.15) is 0 Å². The van der Waals surface area contributed by atoms with Gasteiger partial charge in [0.05, 0.1) is 0 Å². The summed E-state index contributed by atoms with van der Waals surface area (Å²) in [5.74, 6) is -0.338. The zero-order valence-corrected chi connectivity index (χ0v) is 13.0. The zero-order chi connectivity index (χ0) is 16.5. The predicted octanol–water partition coefficient (Wildman–Crippen LogP) is 2.23. The van der Waals surface area contributed by atoms with Gasteiger partial charge in [0.25, 0.3) is 5.91 Å². The van der Waals surface area contributed by atoms with Gasteiger partial charge in [-0.05, 0) is 30.2 Å². The molecule has 0 atom stereocenters. The number of rotatable bonds is 7. The first-order chi connectivity index (χ1) is 11.1. The smallest absolute Gasteiger partial charge is 0.344 e. The molecule has 2 aromatic rings. The Morgan fingerprint density at radius 2 is 1.78 bits per heavy atom. The molecule has 0 saturated carbocycles. The first-order valence-electron chi connectivity index (χ1n) is 7.29. The van der Waals surface area contributed by atoms with E-state index < -0.39 is 5.97 Å². The lowest BCUT2D eigenvalue weighted by Crippen LogP contribution is -2.29. The standard InChI is InChI=1S/C18H19NO4/c1-14-6-5-9-16(10-14)22-13-18(21)23-12-17(20)19-11-15-7-3-2-4-8-15/h2-10H,11-13H2,1H3,(H,19,20). The molecule has 2 rings (SSSR count). The van der Waals surface area contributed by atoms with Gasteiger partial charge in [0.15, 0.2) is 13.2 Å². The van der Waals surface area contributed by atoms with Gasteiger partial charge < -0.3 is 14.8 Å². The molecule has 5 heteroatoms. The molecule has 120 valence electrons. The molecular weight excluding hydrogens is 294 g/mol. The normalized spacial score (nSPS) is 9.96. The van der Waals surface area contributed by atoms with Crippen LogP contribution in [0.3, 0.4) is 0 Å². The Kier molecular flexibility index (Phi) is 6.17. The van der Waals surface area contributed by atoms with E-state index in [2.05, 4.69) is 5.32 Å². The highest BCUT2D eigenvalue weighted by Crippen LogP contribution is 2.12. The van der Waals surface area contributed by atoms with Crippen LogP contribution >= 0.6 is 0 Å². The van der Waals surface area contributed by atoms with Crippen molar-refractivity contribution in [3.63, 3.8) is 0 Å². The Labute approximate surface area is 135 Å². The molecule has 0 aliphatic rings. The Balaban J connectivity index is 1.64. The van der Waals surface area contributed by atoms with Crippen molar-refractivity contribution in [2.45, 2.75) is 13.5 Å². The van der Waals surface area contributed by atoms with Crippen LogP contribution in [0.15, 0.2) is 54.6 Å². The number of nitrogens with one attached hydrogen (secondary N) is 1. The second-order valence-electron chi connectivity index (χ2n) is 5.03. The summed E-state index contributed by atoms with van der Waals surface area (Å²) in [6.45, 7) is 1.79. The summed E-state index contributed by atoms with van der Waals surface area (Å²) in [6.07, 6.45) is 0. The van der Waals surface area contributed by atoms with Crippen LogP contribution in [-0.2, 0) is 20.9 Å². The van der Waals surface area contributed by atoms with Crippen molar-refractivity contribution in [3.8, 4) is 5.75 Å². The van der Waals surface area contributed by atoms with E-state index >= 15 is 0 Å². The fourth-order valence-electron chi connectivity index (χ4n) is 1.88. The molecular formula is C18H19NO4. The van der Waals surface area contributed by atoms with Crippen molar-refractivity contribution in [1.29, 1.82) is 0 Å². The number of aryl methyl sites for hydroxylation is 1. The van der Waals surface area contributed by atoms with E-state index in [0.717, 1.165) is 11.1 Å². The maximum Gasteiger partial charge on any atom is 0.344 e. The largest absolute Gasteiger partial charge is 0.482 e. The average Bonchev–Trinajstić information content (AvgIpc) is 2.57. The van der Waals surface area contributed by atoms with E-state index in [1.165, 1.54) is 0 Å². The number of carbonyl (C=O) groups is 2. The Bertz CT molecular complexity index is 655. The van der Waals surface area contributed by atoms with Crippen LogP contribution in [0.25, 0.3) is 0 Å². The number of hydrogen-bond acceptors (Lipinski definition) is 4. The maximum atomic E-state index is 11.6. The second-order valence-corrected chi connectivity index (χ2v) is 5.03. The average molecular weight is 313 g/mol. The van der Waals surface area contributed by atoms with Gasteiger partial charge in [-0.15, -0.1) is 0 Å². The van der Waals surface area contributed by atoms with E-state index in [1.54, 1.807) is 6.07 Å². The number of benzene rings is 2. The van der Waals surface area contributed by atoms with Crippen molar-refractivity contribution in [2.24, 2.45) is 0 Å². The SMILES string of the molecule is Cc1cccc(OCC(=O)OCC(=O)NCc2ccccc2)c1. The highest BCUT2D eigenvalue weighted by Gasteiger charge is 2.08. The van der Waals surface area contributed by atoms with Crippen LogP contribution < -0.4 is 10.1 Å². The van der Waals surface area contributed by atoms with Crippen molar-refractivity contribution in [3.05, 3.63) is 65.7 Å². The molecule has 0 fully saturated rings. The number of amides is 1. The molecule has 23 heavy (non-hydrogen) atoms. The first kappa shape index (κ1) is 16.5. The highest BCUT2D eigenvalue weighted by molar-refractivity contribution is 5.80. The van der Waals surface area contributed by atoms with Gasteiger partial charge in [0.1, 0.15) is 5.75 Å². The van der Waals surface area contributed by atoms with Crippen LogP contribution in [0.1, 0.15) is 11.1 Å². The molecule has 1 amide bonds. The van der Waals surface area contributed by atoms with E-state index in [4.69, 9.17) is 9.47 Å². The molecule has 5 nitrogen and oxygen atoms in total. The van der Waals surface area contributed by atoms with Gasteiger partial charge in [-0.1, -0.05) is 42.5 Å².